The summed E-state index contributed by atoms with van der Waals surface area (Å²) < 4.78 is 35.6. The maximum atomic E-state index is 13.5. The molecule has 0 bridgehead atoms. The summed E-state index contributed by atoms with van der Waals surface area (Å²) in [5.74, 6) is -2.51. The number of methoxy groups -OCH3 is 1. The number of hydrogen-bond donors (Lipinski definition) is 1. The van der Waals surface area contributed by atoms with Crippen LogP contribution in [0.1, 0.15) is 57.6 Å². The molecule has 0 saturated heterocycles. The predicted octanol–water partition coefficient (Wildman–Crippen LogP) is 10.3. The molecule has 6 aromatic rings. The van der Waals surface area contributed by atoms with Gasteiger partial charge in [-0.15, -0.1) is 0 Å². The highest BCUT2D eigenvalue weighted by Crippen LogP contribution is 2.39. The van der Waals surface area contributed by atoms with Gasteiger partial charge in [-0.1, -0.05) is 60.7 Å². The van der Waals surface area contributed by atoms with Gasteiger partial charge in [0.15, 0.2) is 5.78 Å². The van der Waals surface area contributed by atoms with Gasteiger partial charge in [0.05, 0.1) is 18.5 Å². The number of carboxylic acid groups (broad SMARTS) is 1. The predicted molar refractivity (Wildman–Crippen MR) is 203 cm³/mol. The number of fused-ring (bicyclic) bond motifs is 2. The molecule has 7 nitrogen and oxygen atoms in total. The summed E-state index contributed by atoms with van der Waals surface area (Å²) in [4.78, 5) is 34.5. The van der Waals surface area contributed by atoms with Crippen molar-refractivity contribution in [3.63, 3.8) is 0 Å². The lowest BCUT2D eigenvalue weighted by Gasteiger charge is -2.13. The lowest BCUT2D eigenvalue weighted by Crippen LogP contribution is -2.07. The van der Waals surface area contributed by atoms with Crippen LogP contribution in [-0.4, -0.2) is 39.1 Å². The number of ketones is 1. The average Bonchev–Trinajstić information content (AvgIpc) is 3.64. The number of carbonyl (C=O) groups is 3. The van der Waals surface area contributed by atoms with Gasteiger partial charge in [-0.05, 0) is 93.4 Å². The summed E-state index contributed by atoms with van der Waals surface area (Å²) in [6.45, 7) is 8.24. The molecule has 9 heteroatoms. The Hall–Kier alpha value is -6.09. The van der Waals surface area contributed by atoms with E-state index in [1.54, 1.807) is 36.4 Å². The molecule has 0 unspecified atom stereocenters. The molecular formula is C43H40F2N2O5. The Morgan fingerprint density at radius 2 is 1.06 bits per heavy atom. The minimum absolute atomic E-state index is 0.134. The minimum atomic E-state index is -0.999. The summed E-state index contributed by atoms with van der Waals surface area (Å²) in [6, 6.07) is 28.8. The zero-order chi connectivity index (χ0) is 37.5. The summed E-state index contributed by atoms with van der Waals surface area (Å²) in [5, 5.41) is 11.1. The molecule has 266 valence electrons. The molecule has 6 rings (SSSR count). The van der Waals surface area contributed by atoms with E-state index in [9.17, 15) is 23.2 Å². The average molecular weight is 703 g/mol. The third-order valence-electron chi connectivity index (χ3n) is 8.55. The maximum absolute atomic E-state index is 13.5. The Balaban J connectivity index is 0.000000203. The van der Waals surface area contributed by atoms with Crippen LogP contribution in [0.2, 0.25) is 0 Å². The van der Waals surface area contributed by atoms with Crippen LogP contribution < -0.4 is 0 Å². The molecule has 52 heavy (non-hydrogen) atoms. The van der Waals surface area contributed by atoms with E-state index >= 15 is 0 Å². The van der Waals surface area contributed by atoms with Crippen molar-refractivity contribution in [2.24, 2.45) is 0 Å². The number of hydrogen-bond acceptors (Lipinski definition) is 4. The highest BCUT2D eigenvalue weighted by atomic mass is 19.1. The van der Waals surface area contributed by atoms with Gasteiger partial charge in [0.25, 0.3) is 0 Å². The zero-order valence-electron chi connectivity index (χ0n) is 29.6. The molecule has 2 heterocycles. The van der Waals surface area contributed by atoms with Crippen LogP contribution in [0.15, 0.2) is 109 Å². The highest BCUT2D eigenvalue weighted by molar-refractivity contribution is 6.07. The third-order valence-corrected chi connectivity index (χ3v) is 8.55. The van der Waals surface area contributed by atoms with E-state index < -0.39 is 11.9 Å². The van der Waals surface area contributed by atoms with E-state index in [1.165, 1.54) is 37.5 Å². The monoisotopic (exact) mass is 702 g/mol. The highest BCUT2D eigenvalue weighted by Gasteiger charge is 2.20. The third kappa shape index (κ3) is 8.10. The Labute approximate surface area is 301 Å². The molecule has 0 spiro atoms. The van der Waals surface area contributed by atoms with E-state index in [4.69, 9.17) is 5.11 Å². The van der Waals surface area contributed by atoms with Crippen molar-refractivity contribution in [2.45, 2.75) is 46.2 Å². The molecule has 0 atom stereocenters. The molecular weight excluding hydrogens is 662 g/mol. The van der Waals surface area contributed by atoms with E-state index in [0.29, 0.717) is 0 Å². The first kappa shape index (κ1) is 37.2. The molecule has 2 aromatic heterocycles. The number of carboxylic acids is 1. The fraction of sp³-hybridized carbons (Fsp3) is 0.186. The van der Waals surface area contributed by atoms with Crippen LogP contribution in [0.5, 0.6) is 0 Å². The summed E-state index contributed by atoms with van der Waals surface area (Å²) >= 11 is 0. The molecule has 0 aliphatic carbocycles. The van der Waals surface area contributed by atoms with Crippen LogP contribution in [0.4, 0.5) is 8.78 Å². The van der Waals surface area contributed by atoms with Crippen molar-refractivity contribution in [2.75, 3.05) is 7.11 Å². The summed E-state index contributed by atoms with van der Waals surface area (Å²) in [6.07, 6.45) is 5.57. The molecule has 1 N–H and O–H groups in total. The second-order valence-corrected chi connectivity index (χ2v) is 12.7. The van der Waals surface area contributed by atoms with Gasteiger partial charge >= 0.3 is 11.9 Å². The van der Waals surface area contributed by atoms with Crippen molar-refractivity contribution in [1.82, 2.24) is 9.13 Å². The fourth-order valence-electron chi connectivity index (χ4n) is 6.44. The fourth-order valence-corrected chi connectivity index (χ4v) is 6.44. The summed E-state index contributed by atoms with van der Waals surface area (Å²) in [7, 11) is 1.25. The Morgan fingerprint density at radius 1 is 0.654 bits per heavy atom. The number of para-hydroxylation sites is 2. The van der Waals surface area contributed by atoms with E-state index in [0.717, 1.165) is 61.5 Å². The Kier molecular flexibility index (Phi) is 11.6. The molecule has 4 aromatic carbocycles. The number of rotatable bonds is 10. The maximum Gasteiger partial charge on any atom is 0.328 e. The Morgan fingerprint density at radius 3 is 1.44 bits per heavy atom. The molecule has 0 saturated carbocycles. The first-order valence-corrected chi connectivity index (χ1v) is 16.9. The van der Waals surface area contributed by atoms with E-state index in [2.05, 4.69) is 41.6 Å². The van der Waals surface area contributed by atoms with Gasteiger partial charge in [-0.3, -0.25) is 9.59 Å². The number of carbonyl (C=O) groups excluding carboxylic acids is 2. The normalized spacial score (nSPS) is 11.6. The number of halogens is 2. The topological polar surface area (TPSA) is 90.5 Å². The molecule has 0 fully saturated rings. The molecule has 0 amide bonds. The number of esters is 1. The van der Waals surface area contributed by atoms with E-state index in [-0.39, 0.29) is 35.9 Å². The smallest absolute Gasteiger partial charge is 0.328 e. The quantitative estimate of drug-likeness (QED) is 0.0872. The molecule has 0 aliphatic heterocycles. The molecule has 0 aliphatic rings. The summed E-state index contributed by atoms with van der Waals surface area (Å²) in [5.41, 5.74) is 7.24. The standard InChI is InChI=1S/C23H22FNO3.C20H18FNO2/c1-15(2)25-20-7-5-4-6-19(20)23(16-8-10-17(24)11-9-16)21(25)13-12-18(26)14-22(27)28-3;1-13(2)22-17-6-4-3-5-16(17)20(18(22)11-12-19(23)24)14-7-9-15(21)10-8-14/h4-13,15H,14H2,1-3H3;3-13H,1-2H3,(H,23,24)/b13-12+;12-11+. The first-order valence-electron chi connectivity index (χ1n) is 16.9. The number of ether oxygens (including phenoxy) is 1. The van der Waals surface area contributed by atoms with Crippen LogP contribution in [0.25, 0.3) is 56.2 Å². The Bertz CT molecular complexity index is 2290. The SMILES string of the molecule is CC(C)n1c(/C=C/C(=O)O)c(-c2ccc(F)cc2)c2ccccc21.COC(=O)CC(=O)/C=C/c1c(-c2ccc(F)cc2)c2ccccc2n1C(C)C. The van der Waals surface area contributed by atoms with Crippen molar-refractivity contribution in [1.29, 1.82) is 0 Å². The van der Waals surface area contributed by atoms with Crippen LogP contribution in [0, 0.1) is 11.6 Å². The second kappa shape index (κ2) is 16.3. The van der Waals surface area contributed by atoms with Gasteiger partial charge in [0.2, 0.25) is 0 Å². The first-order chi connectivity index (χ1) is 24.9. The minimum Gasteiger partial charge on any atom is -0.478 e. The van der Waals surface area contributed by atoms with Crippen LogP contribution in [-0.2, 0) is 19.1 Å². The van der Waals surface area contributed by atoms with Crippen molar-refractivity contribution >= 4 is 51.7 Å². The number of nitrogens with zero attached hydrogens (tertiary/aromatic N) is 2. The zero-order valence-corrected chi connectivity index (χ0v) is 29.6. The van der Waals surface area contributed by atoms with Crippen molar-refractivity contribution in [3.05, 3.63) is 132 Å². The van der Waals surface area contributed by atoms with Crippen molar-refractivity contribution < 1.29 is 33.0 Å². The lowest BCUT2D eigenvalue weighted by molar-refractivity contribution is -0.142. The van der Waals surface area contributed by atoms with Crippen molar-refractivity contribution in [3.8, 4) is 22.3 Å². The van der Waals surface area contributed by atoms with Gasteiger partial charge in [0, 0.05) is 51.1 Å². The second-order valence-electron chi connectivity index (χ2n) is 12.7. The van der Waals surface area contributed by atoms with Gasteiger partial charge in [-0.25, -0.2) is 13.6 Å². The van der Waals surface area contributed by atoms with Gasteiger partial charge in [0.1, 0.15) is 18.1 Å². The number of benzene rings is 4. The number of aliphatic carboxylic acids is 1. The lowest BCUT2D eigenvalue weighted by atomic mass is 10.0. The number of allylic oxidation sites excluding steroid dienone is 1. The van der Waals surface area contributed by atoms with Gasteiger partial charge < -0.3 is 19.0 Å². The number of aromatic nitrogens is 2. The van der Waals surface area contributed by atoms with Gasteiger partial charge in [-0.2, -0.15) is 0 Å². The van der Waals surface area contributed by atoms with E-state index in [1.807, 2.05) is 48.5 Å². The largest absolute Gasteiger partial charge is 0.478 e. The molecule has 0 radical (unpaired) electrons. The van der Waals surface area contributed by atoms with Crippen LogP contribution in [0.3, 0.4) is 0 Å². The van der Waals surface area contributed by atoms with Crippen LogP contribution >= 0.6 is 0 Å².